The number of benzene rings is 1. The molecule has 1 heterocycles. The molecule has 19 heavy (non-hydrogen) atoms. The van der Waals surface area contributed by atoms with Gasteiger partial charge >= 0.3 is 0 Å². The number of nitrogens with one attached hydrogen (secondary N) is 1. The smallest absolute Gasteiger partial charge is 0.146 e. The monoisotopic (exact) mass is 283 g/mol. The van der Waals surface area contributed by atoms with E-state index in [0.29, 0.717) is 18.1 Å². The molecule has 1 aromatic carbocycles. The Morgan fingerprint density at radius 2 is 2.05 bits per heavy atom. The molecule has 2 rings (SSSR count). The predicted octanol–water partition coefficient (Wildman–Crippen LogP) is 3.76. The molecular weight excluding hydrogens is 269 g/mol. The molecule has 102 valence electrons. The van der Waals surface area contributed by atoms with Gasteiger partial charge in [-0.2, -0.15) is 0 Å². The standard InChI is InChI=1S/C14H15ClFNO2/c1-2-17-8-11-3-4-12(19-11)9-18-10-5-6-14(16)13(15)7-10/h3-7,17H,2,8-9H2,1H3. The Morgan fingerprint density at radius 1 is 1.26 bits per heavy atom. The summed E-state index contributed by atoms with van der Waals surface area (Å²) in [5.74, 6) is 1.63. The predicted molar refractivity (Wildman–Crippen MR) is 71.8 cm³/mol. The summed E-state index contributed by atoms with van der Waals surface area (Å²) in [6.45, 7) is 3.90. The molecule has 0 saturated heterocycles. The van der Waals surface area contributed by atoms with Crippen molar-refractivity contribution in [3.63, 3.8) is 0 Å². The lowest BCUT2D eigenvalue weighted by molar-refractivity contribution is 0.265. The van der Waals surface area contributed by atoms with Gasteiger partial charge in [0.15, 0.2) is 0 Å². The number of rotatable bonds is 6. The number of hydrogen-bond donors (Lipinski definition) is 1. The van der Waals surface area contributed by atoms with Crippen molar-refractivity contribution in [1.29, 1.82) is 0 Å². The van der Waals surface area contributed by atoms with Gasteiger partial charge in [-0.05, 0) is 30.8 Å². The van der Waals surface area contributed by atoms with Gasteiger partial charge in [0.05, 0.1) is 11.6 Å². The summed E-state index contributed by atoms with van der Waals surface area (Å²) in [4.78, 5) is 0. The van der Waals surface area contributed by atoms with E-state index in [1.807, 2.05) is 19.1 Å². The molecular formula is C14H15ClFNO2. The number of furan rings is 1. The van der Waals surface area contributed by atoms with E-state index in [9.17, 15) is 4.39 Å². The van der Waals surface area contributed by atoms with Crippen molar-refractivity contribution in [2.75, 3.05) is 6.54 Å². The Bertz CT molecular complexity index is 542. The third kappa shape index (κ3) is 3.98. The van der Waals surface area contributed by atoms with Crippen molar-refractivity contribution in [1.82, 2.24) is 5.32 Å². The Balaban J connectivity index is 1.91. The summed E-state index contributed by atoms with van der Waals surface area (Å²) >= 11 is 5.67. The minimum atomic E-state index is -0.458. The normalized spacial score (nSPS) is 10.7. The fourth-order valence-electron chi connectivity index (χ4n) is 1.56. The minimum absolute atomic E-state index is 0.0461. The molecule has 0 bridgehead atoms. The fourth-order valence-corrected chi connectivity index (χ4v) is 1.73. The molecule has 0 atom stereocenters. The third-order valence-corrected chi connectivity index (χ3v) is 2.83. The van der Waals surface area contributed by atoms with Crippen LogP contribution in [0.3, 0.4) is 0 Å². The van der Waals surface area contributed by atoms with Crippen molar-refractivity contribution >= 4 is 11.6 Å². The quantitative estimate of drug-likeness (QED) is 0.876. The largest absolute Gasteiger partial charge is 0.486 e. The van der Waals surface area contributed by atoms with Crippen molar-refractivity contribution in [2.45, 2.75) is 20.1 Å². The zero-order valence-corrected chi connectivity index (χ0v) is 11.3. The Kier molecular flexibility index (Phi) is 4.82. The lowest BCUT2D eigenvalue weighted by Gasteiger charge is -2.05. The van der Waals surface area contributed by atoms with Crippen molar-refractivity contribution in [3.05, 3.63) is 52.7 Å². The summed E-state index contributed by atoms with van der Waals surface area (Å²) in [5, 5.41) is 3.22. The zero-order chi connectivity index (χ0) is 13.7. The van der Waals surface area contributed by atoms with Crippen LogP contribution < -0.4 is 10.1 Å². The van der Waals surface area contributed by atoms with Crippen LogP contribution in [-0.4, -0.2) is 6.54 Å². The lowest BCUT2D eigenvalue weighted by Crippen LogP contribution is -2.10. The maximum absolute atomic E-state index is 13.0. The zero-order valence-electron chi connectivity index (χ0n) is 10.6. The van der Waals surface area contributed by atoms with E-state index < -0.39 is 5.82 Å². The summed E-state index contributed by atoms with van der Waals surface area (Å²) in [6.07, 6.45) is 0. The van der Waals surface area contributed by atoms with E-state index in [4.69, 9.17) is 20.8 Å². The van der Waals surface area contributed by atoms with Gasteiger partial charge in [0.1, 0.15) is 29.7 Å². The first-order chi connectivity index (χ1) is 9.19. The van der Waals surface area contributed by atoms with E-state index in [1.165, 1.54) is 18.2 Å². The first kappa shape index (κ1) is 13.9. The highest BCUT2D eigenvalue weighted by atomic mass is 35.5. The summed E-state index contributed by atoms with van der Waals surface area (Å²) in [6, 6.07) is 8.01. The molecule has 0 aliphatic heterocycles. The summed E-state index contributed by atoms with van der Waals surface area (Å²) in [5.41, 5.74) is 0. The first-order valence-electron chi connectivity index (χ1n) is 6.05. The fraction of sp³-hybridized carbons (Fsp3) is 0.286. The molecule has 0 spiro atoms. The number of halogens is 2. The second-order valence-electron chi connectivity index (χ2n) is 4.01. The van der Waals surface area contributed by atoms with Crippen LogP contribution in [0, 0.1) is 5.82 Å². The molecule has 0 fully saturated rings. The average Bonchev–Trinajstić information content (AvgIpc) is 2.86. The highest BCUT2D eigenvalue weighted by Gasteiger charge is 2.05. The Labute approximate surface area is 116 Å². The lowest BCUT2D eigenvalue weighted by atomic mass is 10.3. The SMILES string of the molecule is CCNCc1ccc(COc2ccc(F)c(Cl)c2)o1. The molecule has 0 unspecified atom stereocenters. The van der Waals surface area contributed by atoms with E-state index in [1.54, 1.807) is 0 Å². The van der Waals surface area contributed by atoms with E-state index in [0.717, 1.165) is 12.3 Å². The van der Waals surface area contributed by atoms with Crippen LogP contribution in [0.4, 0.5) is 4.39 Å². The Morgan fingerprint density at radius 3 is 2.79 bits per heavy atom. The van der Waals surface area contributed by atoms with Crippen molar-refractivity contribution < 1.29 is 13.5 Å². The van der Waals surface area contributed by atoms with Crippen LogP contribution in [-0.2, 0) is 13.2 Å². The van der Waals surface area contributed by atoms with E-state index in [-0.39, 0.29) is 11.6 Å². The van der Waals surface area contributed by atoms with Gasteiger partial charge in [-0.15, -0.1) is 0 Å². The molecule has 0 saturated carbocycles. The molecule has 0 radical (unpaired) electrons. The topological polar surface area (TPSA) is 34.4 Å². The van der Waals surface area contributed by atoms with Gasteiger partial charge in [-0.3, -0.25) is 0 Å². The first-order valence-corrected chi connectivity index (χ1v) is 6.43. The van der Waals surface area contributed by atoms with Gasteiger partial charge in [0.2, 0.25) is 0 Å². The van der Waals surface area contributed by atoms with E-state index in [2.05, 4.69) is 5.32 Å². The Hall–Kier alpha value is -1.52. The maximum Gasteiger partial charge on any atom is 0.146 e. The van der Waals surface area contributed by atoms with Crippen LogP contribution in [0.25, 0.3) is 0 Å². The highest BCUT2D eigenvalue weighted by molar-refractivity contribution is 6.30. The molecule has 1 N–H and O–H groups in total. The summed E-state index contributed by atoms with van der Waals surface area (Å²) in [7, 11) is 0. The van der Waals surface area contributed by atoms with Gasteiger partial charge in [-0.1, -0.05) is 18.5 Å². The average molecular weight is 284 g/mol. The second kappa shape index (κ2) is 6.59. The molecule has 5 heteroatoms. The molecule has 2 aromatic rings. The van der Waals surface area contributed by atoms with Crippen LogP contribution in [0.2, 0.25) is 5.02 Å². The van der Waals surface area contributed by atoms with Crippen LogP contribution in [0.5, 0.6) is 5.75 Å². The van der Waals surface area contributed by atoms with Gasteiger partial charge in [-0.25, -0.2) is 4.39 Å². The van der Waals surface area contributed by atoms with Crippen molar-refractivity contribution in [3.8, 4) is 5.75 Å². The number of hydrogen-bond acceptors (Lipinski definition) is 3. The highest BCUT2D eigenvalue weighted by Crippen LogP contribution is 2.22. The van der Waals surface area contributed by atoms with Gasteiger partial charge in [0, 0.05) is 6.07 Å². The third-order valence-electron chi connectivity index (χ3n) is 2.54. The number of ether oxygens (including phenoxy) is 1. The molecule has 0 aliphatic rings. The van der Waals surface area contributed by atoms with Crippen molar-refractivity contribution in [2.24, 2.45) is 0 Å². The second-order valence-corrected chi connectivity index (χ2v) is 4.42. The molecule has 1 aromatic heterocycles. The van der Waals surface area contributed by atoms with Crippen LogP contribution in [0.1, 0.15) is 18.4 Å². The summed E-state index contributed by atoms with van der Waals surface area (Å²) < 4.78 is 24.0. The minimum Gasteiger partial charge on any atom is -0.486 e. The maximum atomic E-state index is 13.0. The van der Waals surface area contributed by atoms with Crippen LogP contribution >= 0.6 is 11.6 Å². The molecule has 3 nitrogen and oxygen atoms in total. The van der Waals surface area contributed by atoms with Crippen LogP contribution in [0.15, 0.2) is 34.7 Å². The van der Waals surface area contributed by atoms with Gasteiger partial charge < -0.3 is 14.5 Å². The van der Waals surface area contributed by atoms with Gasteiger partial charge in [0.25, 0.3) is 0 Å². The molecule has 0 amide bonds. The molecule has 0 aliphatic carbocycles. The van der Waals surface area contributed by atoms with E-state index >= 15 is 0 Å².